The first kappa shape index (κ1) is 17.1. The van der Waals surface area contributed by atoms with Crippen LogP contribution in [0.15, 0.2) is 64.4 Å². The molecule has 0 saturated carbocycles. The quantitative estimate of drug-likeness (QED) is 0.816. The molecule has 22 heavy (non-hydrogen) atoms. The molecular weight excluding hydrogens is 314 g/mol. The summed E-state index contributed by atoms with van der Waals surface area (Å²) in [5, 5.41) is 0. The van der Waals surface area contributed by atoms with E-state index in [-0.39, 0.29) is 4.75 Å². The highest BCUT2D eigenvalue weighted by molar-refractivity contribution is 8.00. The Morgan fingerprint density at radius 2 is 1.59 bits per heavy atom. The summed E-state index contributed by atoms with van der Waals surface area (Å²) in [7, 11) is -3.47. The van der Waals surface area contributed by atoms with Crippen LogP contribution in [0.5, 0.6) is 0 Å². The predicted octanol–water partition coefficient (Wildman–Crippen LogP) is 3.84. The molecule has 0 amide bonds. The molecule has 0 atom stereocenters. The van der Waals surface area contributed by atoms with Gasteiger partial charge in [-0.05, 0) is 45.0 Å². The fourth-order valence-corrected chi connectivity index (χ4v) is 4.29. The van der Waals surface area contributed by atoms with Gasteiger partial charge >= 0.3 is 0 Å². The third-order valence-electron chi connectivity index (χ3n) is 3.16. The smallest absolute Gasteiger partial charge is 0.210 e. The highest BCUT2D eigenvalue weighted by Gasteiger charge is 2.23. The van der Waals surface area contributed by atoms with E-state index in [4.69, 9.17) is 0 Å². The molecule has 2 rings (SSSR count). The number of thioether (sulfide) groups is 1. The first-order valence-electron chi connectivity index (χ1n) is 7.09. The van der Waals surface area contributed by atoms with Crippen LogP contribution in [0.4, 0.5) is 0 Å². The molecule has 118 valence electrons. The summed E-state index contributed by atoms with van der Waals surface area (Å²) in [5.41, 5.74) is 1.04. The summed E-state index contributed by atoms with van der Waals surface area (Å²) >= 11 is 1.66. The fraction of sp³-hybridized carbons (Fsp3) is 0.294. The summed E-state index contributed by atoms with van der Waals surface area (Å²) in [5.74, 6) is 0. The first-order valence-corrected chi connectivity index (χ1v) is 9.39. The van der Waals surface area contributed by atoms with Crippen LogP contribution in [0.3, 0.4) is 0 Å². The number of benzene rings is 2. The van der Waals surface area contributed by atoms with Gasteiger partial charge in [-0.15, -0.1) is 11.8 Å². The molecule has 2 aromatic carbocycles. The maximum atomic E-state index is 12.3. The molecule has 0 saturated heterocycles. The van der Waals surface area contributed by atoms with Crippen molar-refractivity contribution in [1.82, 2.24) is 4.72 Å². The van der Waals surface area contributed by atoms with Gasteiger partial charge in [-0.2, -0.15) is 0 Å². The molecule has 0 aliphatic rings. The lowest BCUT2D eigenvalue weighted by Crippen LogP contribution is -2.36. The Balaban J connectivity index is 2.03. The Kier molecular flexibility index (Phi) is 5.32. The van der Waals surface area contributed by atoms with Crippen LogP contribution in [-0.2, 0) is 10.0 Å². The van der Waals surface area contributed by atoms with Crippen LogP contribution in [0, 0.1) is 6.92 Å². The topological polar surface area (TPSA) is 46.2 Å². The van der Waals surface area contributed by atoms with E-state index in [1.54, 1.807) is 36.0 Å². The zero-order valence-corrected chi connectivity index (χ0v) is 14.7. The summed E-state index contributed by atoms with van der Waals surface area (Å²) in [6.07, 6.45) is 0. The van der Waals surface area contributed by atoms with Gasteiger partial charge in [0.05, 0.1) is 4.90 Å². The molecular formula is C17H21NO2S2. The van der Waals surface area contributed by atoms with Crippen LogP contribution in [0.1, 0.15) is 19.4 Å². The fourth-order valence-electron chi connectivity index (χ4n) is 1.91. The molecule has 0 bridgehead atoms. The van der Waals surface area contributed by atoms with Crippen LogP contribution < -0.4 is 4.72 Å². The molecule has 2 aromatic rings. The van der Waals surface area contributed by atoms with Gasteiger partial charge in [-0.25, -0.2) is 13.1 Å². The van der Waals surface area contributed by atoms with Crippen LogP contribution in [0.2, 0.25) is 0 Å². The molecule has 0 radical (unpaired) electrons. The van der Waals surface area contributed by atoms with E-state index < -0.39 is 10.0 Å². The number of hydrogen-bond donors (Lipinski definition) is 1. The summed E-state index contributed by atoms with van der Waals surface area (Å²) < 4.78 is 27.1. The van der Waals surface area contributed by atoms with Crippen molar-refractivity contribution in [3.8, 4) is 0 Å². The molecule has 0 fully saturated rings. The van der Waals surface area contributed by atoms with Crippen molar-refractivity contribution in [3.63, 3.8) is 0 Å². The third kappa shape index (κ3) is 4.87. The van der Waals surface area contributed by atoms with Crippen LogP contribution in [0.25, 0.3) is 0 Å². The van der Waals surface area contributed by atoms with Gasteiger partial charge in [0, 0.05) is 16.2 Å². The standard InChI is InChI=1S/C17H21NO2S2/c1-14-9-11-16(12-10-14)22(19,20)18-13-17(2,3)21-15-7-5-4-6-8-15/h4-12,18H,13H2,1-3H3. The Morgan fingerprint density at radius 1 is 1.00 bits per heavy atom. The van der Waals surface area contributed by atoms with Crippen molar-refractivity contribution < 1.29 is 8.42 Å². The minimum Gasteiger partial charge on any atom is -0.210 e. The molecule has 0 aliphatic carbocycles. The van der Waals surface area contributed by atoms with Gasteiger partial charge in [-0.3, -0.25) is 0 Å². The van der Waals surface area contributed by atoms with Crippen molar-refractivity contribution in [3.05, 3.63) is 60.2 Å². The van der Waals surface area contributed by atoms with Crippen molar-refractivity contribution in [2.24, 2.45) is 0 Å². The van der Waals surface area contributed by atoms with Crippen molar-refractivity contribution in [1.29, 1.82) is 0 Å². The van der Waals surface area contributed by atoms with Gasteiger partial charge in [0.1, 0.15) is 0 Å². The monoisotopic (exact) mass is 335 g/mol. The number of nitrogens with one attached hydrogen (secondary N) is 1. The average Bonchev–Trinajstić information content (AvgIpc) is 2.47. The molecule has 0 spiro atoms. The maximum absolute atomic E-state index is 12.3. The van der Waals surface area contributed by atoms with E-state index in [9.17, 15) is 8.42 Å². The van der Waals surface area contributed by atoms with E-state index in [1.807, 2.05) is 51.1 Å². The lowest BCUT2D eigenvalue weighted by Gasteiger charge is -2.24. The Hall–Kier alpha value is -1.30. The molecule has 0 unspecified atom stereocenters. The third-order valence-corrected chi connectivity index (χ3v) is 5.78. The van der Waals surface area contributed by atoms with Crippen LogP contribution >= 0.6 is 11.8 Å². The molecule has 0 aliphatic heterocycles. The Morgan fingerprint density at radius 3 is 2.18 bits per heavy atom. The maximum Gasteiger partial charge on any atom is 0.240 e. The van der Waals surface area contributed by atoms with Crippen molar-refractivity contribution in [2.75, 3.05) is 6.54 Å². The van der Waals surface area contributed by atoms with Gasteiger partial charge in [0.2, 0.25) is 10.0 Å². The van der Waals surface area contributed by atoms with Gasteiger partial charge in [0.15, 0.2) is 0 Å². The SMILES string of the molecule is Cc1ccc(S(=O)(=O)NCC(C)(C)Sc2ccccc2)cc1. The summed E-state index contributed by atoms with van der Waals surface area (Å²) in [4.78, 5) is 1.43. The van der Waals surface area contributed by atoms with Crippen LogP contribution in [-0.4, -0.2) is 19.7 Å². The number of sulfonamides is 1. The first-order chi connectivity index (χ1) is 10.3. The number of rotatable bonds is 6. The second-order valence-corrected chi connectivity index (χ2v) is 9.36. The highest BCUT2D eigenvalue weighted by atomic mass is 32.2. The van der Waals surface area contributed by atoms with Crippen molar-refractivity contribution >= 4 is 21.8 Å². The lowest BCUT2D eigenvalue weighted by molar-refractivity contribution is 0.570. The number of aryl methyl sites for hydroxylation is 1. The van der Waals surface area contributed by atoms with E-state index >= 15 is 0 Å². The van der Waals surface area contributed by atoms with Gasteiger partial charge in [-0.1, -0.05) is 35.9 Å². The van der Waals surface area contributed by atoms with Gasteiger partial charge in [0.25, 0.3) is 0 Å². The molecule has 3 nitrogen and oxygen atoms in total. The minimum absolute atomic E-state index is 0.237. The van der Waals surface area contributed by atoms with E-state index in [0.717, 1.165) is 10.5 Å². The second kappa shape index (κ2) is 6.86. The van der Waals surface area contributed by atoms with Gasteiger partial charge < -0.3 is 0 Å². The summed E-state index contributed by atoms with van der Waals surface area (Å²) in [6, 6.07) is 16.9. The lowest BCUT2D eigenvalue weighted by atomic mass is 10.2. The molecule has 5 heteroatoms. The minimum atomic E-state index is -3.47. The number of hydrogen-bond acceptors (Lipinski definition) is 3. The Labute approximate surface area is 137 Å². The second-order valence-electron chi connectivity index (χ2n) is 5.81. The highest BCUT2D eigenvalue weighted by Crippen LogP contribution is 2.31. The largest absolute Gasteiger partial charge is 0.240 e. The summed E-state index contributed by atoms with van der Waals surface area (Å²) in [6.45, 7) is 6.36. The molecule has 1 N–H and O–H groups in total. The van der Waals surface area contributed by atoms with E-state index in [0.29, 0.717) is 11.4 Å². The molecule has 0 heterocycles. The van der Waals surface area contributed by atoms with E-state index in [2.05, 4.69) is 4.72 Å². The van der Waals surface area contributed by atoms with Crippen molar-refractivity contribution in [2.45, 2.75) is 35.3 Å². The zero-order valence-electron chi connectivity index (χ0n) is 13.0. The zero-order chi connectivity index (χ0) is 16.2. The van der Waals surface area contributed by atoms with E-state index in [1.165, 1.54) is 0 Å². The predicted molar refractivity (Wildman–Crippen MR) is 92.7 cm³/mol. The normalized spacial score (nSPS) is 12.3. The Bertz CT molecular complexity index is 708. The molecule has 0 aromatic heterocycles. The average molecular weight is 335 g/mol.